The van der Waals surface area contributed by atoms with Gasteiger partial charge in [-0.3, -0.25) is 4.79 Å². The summed E-state index contributed by atoms with van der Waals surface area (Å²) in [4.78, 5) is 12.9. The maximum atomic E-state index is 12.9. The number of ether oxygens (including phenoxy) is 1. The summed E-state index contributed by atoms with van der Waals surface area (Å²) in [6.07, 6.45) is 1.60. The first-order valence-corrected chi connectivity index (χ1v) is 14.4. The number of nitrogens with one attached hydrogen (secondary N) is 1. The Labute approximate surface area is 253 Å². The van der Waals surface area contributed by atoms with Crippen LogP contribution < -0.4 is 10.2 Å². The Morgan fingerprint density at radius 2 is 1.60 bits per heavy atom. The number of fused-ring (bicyclic) bond motifs is 1. The number of hydrogen-bond acceptors (Lipinski definition) is 3. The lowest BCUT2D eigenvalue weighted by atomic mass is 10.1. The summed E-state index contributed by atoms with van der Waals surface area (Å²) in [5, 5.41) is 6.59. The predicted octanol–water partition coefficient (Wildman–Crippen LogP) is 8.71. The molecule has 0 unspecified atom stereocenters. The number of hydrogen-bond donors (Lipinski definition) is 1. The van der Waals surface area contributed by atoms with E-state index in [1.165, 1.54) is 10.8 Å². The quantitative estimate of drug-likeness (QED) is 0.138. The Morgan fingerprint density at radius 1 is 0.833 bits per heavy atom. The number of benzene rings is 5. The molecule has 42 heavy (non-hydrogen) atoms. The van der Waals surface area contributed by atoms with E-state index in [0.29, 0.717) is 17.9 Å². The summed E-state index contributed by atoms with van der Waals surface area (Å²) in [6.45, 7) is 2.49. The molecule has 0 bridgehead atoms. The minimum atomic E-state index is -0.293. The van der Waals surface area contributed by atoms with E-state index >= 15 is 0 Å². The third-order valence-corrected chi connectivity index (χ3v) is 7.58. The van der Waals surface area contributed by atoms with E-state index in [2.05, 4.69) is 92.5 Å². The van der Waals surface area contributed by atoms with Gasteiger partial charge in [-0.2, -0.15) is 5.10 Å². The van der Waals surface area contributed by atoms with Gasteiger partial charge in [0.25, 0.3) is 5.91 Å². The Bertz CT molecular complexity index is 1890. The molecular formula is C36H28BrN3O2. The first-order chi connectivity index (χ1) is 20.5. The van der Waals surface area contributed by atoms with Crippen molar-refractivity contribution < 1.29 is 9.53 Å². The van der Waals surface area contributed by atoms with Crippen molar-refractivity contribution in [2.45, 2.75) is 13.5 Å². The van der Waals surface area contributed by atoms with E-state index in [-0.39, 0.29) is 5.91 Å². The van der Waals surface area contributed by atoms with Crippen LogP contribution in [0.2, 0.25) is 0 Å². The zero-order chi connectivity index (χ0) is 28.9. The first-order valence-electron chi connectivity index (χ1n) is 13.6. The number of aryl methyl sites for hydroxylation is 1. The van der Waals surface area contributed by atoms with Crippen molar-refractivity contribution >= 4 is 38.8 Å². The average molecular weight is 615 g/mol. The van der Waals surface area contributed by atoms with Crippen molar-refractivity contribution in [3.8, 4) is 22.7 Å². The molecule has 0 saturated carbocycles. The van der Waals surface area contributed by atoms with Crippen molar-refractivity contribution in [2.75, 3.05) is 0 Å². The van der Waals surface area contributed by atoms with Gasteiger partial charge in [-0.25, -0.2) is 5.43 Å². The zero-order valence-electron chi connectivity index (χ0n) is 23.0. The lowest BCUT2D eigenvalue weighted by Gasteiger charge is -2.13. The van der Waals surface area contributed by atoms with Crippen LogP contribution in [0.25, 0.3) is 27.7 Å². The number of amides is 1. The molecule has 0 saturated heterocycles. The van der Waals surface area contributed by atoms with Crippen LogP contribution in [-0.4, -0.2) is 16.7 Å². The number of nitrogens with zero attached hydrogens (tertiary/aromatic N) is 2. The molecule has 0 aliphatic carbocycles. The molecule has 1 N–H and O–H groups in total. The second-order valence-electron chi connectivity index (χ2n) is 9.96. The van der Waals surface area contributed by atoms with E-state index in [1.54, 1.807) is 6.21 Å². The van der Waals surface area contributed by atoms with E-state index in [4.69, 9.17) is 4.74 Å². The van der Waals surface area contributed by atoms with Crippen LogP contribution >= 0.6 is 15.9 Å². The molecule has 1 heterocycles. The van der Waals surface area contributed by atoms with Crippen LogP contribution in [0.1, 0.15) is 27.2 Å². The van der Waals surface area contributed by atoms with Crippen LogP contribution in [0.4, 0.5) is 0 Å². The molecule has 6 heteroatoms. The molecule has 206 valence electrons. The number of carbonyl (C=O) groups excluding carboxylic acids is 1. The monoisotopic (exact) mass is 613 g/mol. The summed E-state index contributed by atoms with van der Waals surface area (Å²) < 4.78 is 9.21. The predicted molar refractivity (Wildman–Crippen MR) is 173 cm³/mol. The van der Waals surface area contributed by atoms with E-state index in [0.717, 1.165) is 38.2 Å². The molecule has 0 aliphatic rings. The SMILES string of the molecule is Cc1ccc(-c2ccccc2)n1-c1ccc(C(=O)N/N=C/c2cc(Br)ccc2OCc2ccc3ccccc3c2)cc1. The summed E-state index contributed by atoms with van der Waals surface area (Å²) in [6, 6.07) is 42.3. The van der Waals surface area contributed by atoms with Gasteiger partial charge in [-0.05, 0) is 89.5 Å². The number of aromatic nitrogens is 1. The molecule has 6 aromatic rings. The topological polar surface area (TPSA) is 55.6 Å². The standard InChI is InChI=1S/C36H28BrN3O2/c1-25-11-19-34(28-8-3-2-4-9-28)40(25)33-17-14-29(15-18-33)36(41)39-38-23-31-22-32(37)16-20-35(31)42-24-26-12-13-27-7-5-6-10-30(27)21-26/h2-23H,24H2,1H3,(H,39,41)/b38-23+. The Morgan fingerprint density at radius 3 is 2.40 bits per heavy atom. The molecule has 0 fully saturated rings. The van der Waals surface area contributed by atoms with E-state index < -0.39 is 0 Å². The van der Waals surface area contributed by atoms with Gasteiger partial charge in [-0.1, -0.05) is 82.7 Å². The number of rotatable bonds is 8. The molecule has 5 aromatic carbocycles. The highest BCUT2D eigenvalue weighted by molar-refractivity contribution is 9.10. The fourth-order valence-corrected chi connectivity index (χ4v) is 5.32. The number of carbonyl (C=O) groups is 1. The van der Waals surface area contributed by atoms with Gasteiger partial charge in [0.2, 0.25) is 0 Å². The van der Waals surface area contributed by atoms with Gasteiger partial charge in [0.1, 0.15) is 12.4 Å². The summed E-state index contributed by atoms with van der Waals surface area (Å²) in [5.41, 5.74) is 9.31. The zero-order valence-corrected chi connectivity index (χ0v) is 24.6. The molecule has 0 spiro atoms. The largest absolute Gasteiger partial charge is 0.488 e. The molecular weight excluding hydrogens is 586 g/mol. The summed E-state index contributed by atoms with van der Waals surface area (Å²) in [7, 11) is 0. The molecule has 1 aromatic heterocycles. The third kappa shape index (κ3) is 6.04. The minimum absolute atomic E-state index is 0.293. The number of hydrazone groups is 1. The molecule has 1 amide bonds. The van der Waals surface area contributed by atoms with E-state index in [9.17, 15) is 4.79 Å². The maximum absolute atomic E-state index is 12.9. The van der Waals surface area contributed by atoms with Gasteiger partial charge >= 0.3 is 0 Å². The van der Waals surface area contributed by atoms with Gasteiger partial charge in [-0.15, -0.1) is 0 Å². The van der Waals surface area contributed by atoms with Gasteiger partial charge in [0, 0.05) is 27.0 Å². The second kappa shape index (κ2) is 12.3. The highest BCUT2D eigenvalue weighted by Crippen LogP contribution is 2.27. The van der Waals surface area contributed by atoms with Crippen LogP contribution in [0.15, 0.2) is 137 Å². The molecule has 6 rings (SSSR count). The van der Waals surface area contributed by atoms with Crippen molar-refractivity contribution in [1.82, 2.24) is 9.99 Å². The Hall–Kier alpha value is -4.94. The number of halogens is 1. The first kappa shape index (κ1) is 27.2. The molecule has 0 radical (unpaired) electrons. The lowest BCUT2D eigenvalue weighted by Crippen LogP contribution is -2.17. The van der Waals surface area contributed by atoms with Crippen molar-refractivity contribution in [1.29, 1.82) is 0 Å². The van der Waals surface area contributed by atoms with Gasteiger partial charge in [0.15, 0.2) is 0 Å². The summed E-state index contributed by atoms with van der Waals surface area (Å²) >= 11 is 3.52. The molecule has 5 nitrogen and oxygen atoms in total. The Kier molecular flexibility index (Phi) is 7.97. The summed E-state index contributed by atoms with van der Waals surface area (Å²) in [5.74, 6) is 0.379. The highest BCUT2D eigenvalue weighted by Gasteiger charge is 2.11. The maximum Gasteiger partial charge on any atom is 0.271 e. The van der Waals surface area contributed by atoms with Crippen LogP contribution in [-0.2, 0) is 6.61 Å². The normalized spacial score (nSPS) is 11.2. The fraction of sp³-hybridized carbons (Fsp3) is 0.0556. The second-order valence-corrected chi connectivity index (χ2v) is 10.9. The van der Waals surface area contributed by atoms with Gasteiger partial charge < -0.3 is 9.30 Å². The van der Waals surface area contributed by atoms with Crippen LogP contribution in [0, 0.1) is 6.92 Å². The smallest absolute Gasteiger partial charge is 0.271 e. The average Bonchev–Trinajstić information content (AvgIpc) is 3.42. The fourth-order valence-electron chi connectivity index (χ4n) is 4.94. The highest BCUT2D eigenvalue weighted by atomic mass is 79.9. The van der Waals surface area contributed by atoms with Crippen molar-refractivity contribution in [3.63, 3.8) is 0 Å². The van der Waals surface area contributed by atoms with Crippen molar-refractivity contribution in [2.24, 2.45) is 5.10 Å². The Balaban J connectivity index is 1.13. The van der Waals surface area contributed by atoms with E-state index in [1.807, 2.05) is 72.8 Å². The molecule has 0 atom stereocenters. The van der Waals surface area contributed by atoms with Crippen molar-refractivity contribution in [3.05, 3.63) is 154 Å². The minimum Gasteiger partial charge on any atom is -0.488 e. The third-order valence-electron chi connectivity index (χ3n) is 7.08. The molecule has 0 aliphatic heterocycles. The lowest BCUT2D eigenvalue weighted by molar-refractivity contribution is 0.0955. The van der Waals surface area contributed by atoms with Crippen LogP contribution in [0.3, 0.4) is 0 Å². The van der Waals surface area contributed by atoms with Crippen LogP contribution in [0.5, 0.6) is 5.75 Å². The van der Waals surface area contributed by atoms with Gasteiger partial charge in [0.05, 0.1) is 11.9 Å².